The molecule has 0 spiro atoms. The molecule has 0 aliphatic carbocycles. The fourth-order valence-electron chi connectivity index (χ4n) is 2.09. The number of benzene rings is 1. The molecule has 88 valence electrons. The summed E-state index contributed by atoms with van der Waals surface area (Å²) in [5.74, 6) is 0. The van der Waals surface area contributed by atoms with E-state index in [1.54, 1.807) is 7.11 Å². The maximum atomic E-state index is 5.36. The molecular formula is C13H19NO2. The van der Waals surface area contributed by atoms with Crippen molar-refractivity contribution in [1.29, 1.82) is 0 Å². The second-order valence-electron chi connectivity index (χ2n) is 4.21. The van der Waals surface area contributed by atoms with E-state index in [4.69, 9.17) is 9.47 Å². The second kappa shape index (κ2) is 5.32. The number of methoxy groups -OCH3 is 1. The van der Waals surface area contributed by atoms with E-state index in [-0.39, 0.29) is 0 Å². The first-order chi connectivity index (χ1) is 7.79. The first kappa shape index (κ1) is 11.4. The molecule has 0 atom stereocenters. The molecule has 0 aromatic heterocycles. The molecule has 1 aliphatic rings. The Morgan fingerprint density at radius 1 is 1.25 bits per heavy atom. The molecule has 0 radical (unpaired) electrons. The summed E-state index contributed by atoms with van der Waals surface area (Å²) in [5, 5.41) is 0. The van der Waals surface area contributed by atoms with Crippen LogP contribution in [-0.4, -0.2) is 33.4 Å². The monoisotopic (exact) mass is 221 g/mol. The number of hydrogen-bond donors (Lipinski definition) is 0. The Morgan fingerprint density at radius 3 is 2.69 bits per heavy atom. The van der Waals surface area contributed by atoms with Crippen molar-refractivity contribution in [3.63, 3.8) is 0 Å². The van der Waals surface area contributed by atoms with Gasteiger partial charge in [0.15, 0.2) is 0 Å². The van der Waals surface area contributed by atoms with Gasteiger partial charge in [0.1, 0.15) is 0 Å². The fourth-order valence-corrected chi connectivity index (χ4v) is 2.09. The van der Waals surface area contributed by atoms with Crippen molar-refractivity contribution in [1.82, 2.24) is 0 Å². The lowest BCUT2D eigenvalue weighted by Crippen LogP contribution is -2.36. The van der Waals surface area contributed by atoms with Gasteiger partial charge in [0.25, 0.3) is 0 Å². The van der Waals surface area contributed by atoms with Crippen LogP contribution in [0.2, 0.25) is 0 Å². The average Bonchev–Trinajstić information content (AvgIpc) is 2.30. The summed E-state index contributed by atoms with van der Waals surface area (Å²) >= 11 is 0. The van der Waals surface area contributed by atoms with Gasteiger partial charge in [-0.25, -0.2) is 0 Å². The van der Waals surface area contributed by atoms with Crippen LogP contribution >= 0.6 is 0 Å². The predicted molar refractivity (Wildman–Crippen MR) is 64.9 cm³/mol. The zero-order valence-electron chi connectivity index (χ0n) is 10.0. The number of morpholine rings is 1. The molecule has 0 N–H and O–H groups in total. The van der Waals surface area contributed by atoms with E-state index in [9.17, 15) is 0 Å². The summed E-state index contributed by atoms with van der Waals surface area (Å²) in [6, 6.07) is 6.61. The number of hydrogen-bond acceptors (Lipinski definition) is 3. The normalized spacial score (nSPS) is 16.5. The highest BCUT2D eigenvalue weighted by atomic mass is 16.5. The van der Waals surface area contributed by atoms with Crippen molar-refractivity contribution >= 4 is 5.69 Å². The molecule has 0 amide bonds. The number of aryl methyl sites for hydroxylation is 1. The van der Waals surface area contributed by atoms with Gasteiger partial charge in [0, 0.05) is 25.9 Å². The molecule has 1 aromatic carbocycles. The zero-order chi connectivity index (χ0) is 11.4. The molecule has 1 aliphatic heterocycles. The van der Waals surface area contributed by atoms with Crippen LogP contribution < -0.4 is 4.90 Å². The molecule has 1 saturated heterocycles. The van der Waals surface area contributed by atoms with Crippen molar-refractivity contribution in [3.8, 4) is 0 Å². The molecule has 3 nitrogen and oxygen atoms in total. The molecule has 0 saturated carbocycles. The van der Waals surface area contributed by atoms with Crippen molar-refractivity contribution in [2.24, 2.45) is 0 Å². The van der Waals surface area contributed by atoms with Gasteiger partial charge in [-0.1, -0.05) is 6.07 Å². The van der Waals surface area contributed by atoms with Gasteiger partial charge in [0.05, 0.1) is 19.8 Å². The van der Waals surface area contributed by atoms with Gasteiger partial charge in [-0.3, -0.25) is 0 Å². The Bertz CT molecular complexity index is 346. The van der Waals surface area contributed by atoms with Crippen LogP contribution in [0, 0.1) is 6.92 Å². The molecule has 1 heterocycles. The van der Waals surface area contributed by atoms with Crippen molar-refractivity contribution in [2.75, 3.05) is 38.3 Å². The molecule has 16 heavy (non-hydrogen) atoms. The molecule has 3 heteroatoms. The lowest BCUT2D eigenvalue weighted by atomic mass is 10.1. The fraction of sp³-hybridized carbons (Fsp3) is 0.538. The Morgan fingerprint density at radius 2 is 2.00 bits per heavy atom. The number of ether oxygens (including phenoxy) is 2. The average molecular weight is 221 g/mol. The summed E-state index contributed by atoms with van der Waals surface area (Å²) in [4.78, 5) is 2.37. The third-order valence-corrected chi connectivity index (χ3v) is 2.81. The number of anilines is 1. The van der Waals surface area contributed by atoms with Gasteiger partial charge in [0.2, 0.25) is 0 Å². The lowest BCUT2D eigenvalue weighted by Gasteiger charge is -2.29. The topological polar surface area (TPSA) is 21.7 Å². The van der Waals surface area contributed by atoms with Gasteiger partial charge >= 0.3 is 0 Å². The van der Waals surface area contributed by atoms with Gasteiger partial charge in [-0.05, 0) is 30.2 Å². The van der Waals surface area contributed by atoms with Crippen molar-refractivity contribution < 1.29 is 9.47 Å². The molecule has 1 fully saturated rings. The quantitative estimate of drug-likeness (QED) is 0.779. The van der Waals surface area contributed by atoms with Crippen molar-refractivity contribution in [3.05, 3.63) is 29.3 Å². The largest absolute Gasteiger partial charge is 0.380 e. The van der Waals surface area contributed by atoms with Crippen LogP contribution in [0.4, 0.5) is 5.69 Å². The van der Waals surface area contributed by atoms with Crippen LogP contribution in [0.15, 0.2) is 18.2 Å². The number of nitrogens with zero attached hydrogens (tertiary/aromatic N) is 1. The third kappa shape index (κ3) is 2.74. The first-order valence-electron chi connectivity index (χ1n) is 5.72. The molecular weight excluding hydrogens is 202 g/mol. The minimum atomic E-state index is 0.680. The Kier molecular flexibility index (Phi) is 3.80. The van der Waals surface area contributed by atoms with Gasteiger partial charge in [-0.2, -0.15) is 0 Å². The highest BCUT2D eigenvalue weighted by molar-refractivity contribution is 5.51. The van der Waals surface area contributed by atoms with Crippen LogP contribution in [0.3, 0.4) is 0 Å². The number of rotatable bonds is 3. The van der Waals surface area contributed by atoms with Crippen LogP contribution in [0.5, 0.6) is 0 Å². The van der Waals surface area contributed by atoms with Gasteiger partial charge < -0.3 is 14.4 Å². The SMILES string of the molecule is COCc1cc(C)cc(N2CCOCC2)c1. The van der Waals surface area contributed by atoms with E-state index < -0.39 is 0 Å². The maximum absolute atomic E-state index is 5.36. The Balaban J connectivity index is 2.18. The molecule has 1 aromatic rings. The Labute approximate surface area is 97.0 Å². The second-order valence-corrected chi connectivity index (χ2v) is 4.21. The van der Waals surface area contributed by atoms with E-state index in [0.29, 0.717) is 6.61 Å². The minimum absolute atomic E-state index is 0.680. The molecule has 2 rings (SSSR count). The van der Waals surface area contributed by atoms with E-state index >= 15 is 0 Å². The highest BCUT2D eigenvalue weighted by Crippen LogP contribution is 2.20. The van der Waals surface area contributed by atoms with Crippen molar-refractivity contribution in [2.45, 2.75) is 13.5 Å². The highest BCUT2D eigenvalue weighted by Gasteiger charge is 2.11. The van der Waals surface area contributed by atoms with Crippen LogP contribution in [-0.2, 0) is 16.1 Å². The van der Waals surface area contributed by atoms with E-state index in [1.165, 1.54) is 16.8 Å². The summed E-state index contributed by atoms with van der Waals surface area (Å²) in [6.45, 7) is 6.43. The Hall–Kier alpha value is -1.06. The molecule has 0 unspecified atom stereocenters. The predicted octanol–water partition coefficient (Wildman–Crippen LogP) is 1.98. The minimum Gasteiger partial charge on any atom is -0.380 e. The summed E-state index contributed by atoms with van der Waals surface area (Å²) in [6.07, 6.45) is 0. The van der Waals surface area contributed by atoms with E-state index in [0.717, 1.165) is 26.3 Å². The van der Waals surface area contributed by atoms with E-state index in [2.05, 4.69) is 30.0 Å². The standard InChI is InChI=1S/C13H19NO2/c1-11-7-12(10-15-2)9-13(8-11)14-3-5-16-6-4-14/h7-9H,3-6,10H2,1-2H3. The first-order valence-corrected chi connectivity index (χ1v) is 5.72. The van der Waals surface area contributed by atoms with Crippen LogP contribution in [0.1, 0.15) is 11.1 Å². The molecule has 0 bridgehead atoms. The third-order valence-electron chi connectivity index (χ3n) is 2.81. The van der Waals surface area contributed by atoms with Crippen LogP contribution in [0.25, 0.3) is 0 Å². The van der Waals surface area contributed by atoms with Gasteiger partial charge in [-0.15, -0.1) is 0 Å². The summed E-state index contributed by atoms with van der Waals surface area (Å²) < 4.78 is 10.5. The summed E-state index contributed by atoms with van der Waals surface area (Å²) in [5.41, 5.74) is 3.82. The smallest absolute Gasteiger partial charge is 0.0713 e. The lowest BCUT2D eigenvalue weighted by molar-refractivity contribution is 0.122. The zero-order valence-corrected chi connectivity index (χ0v) is 10.0. The van der Waals surface area contributed by atoms with E-state index in [1.807, 2.05) is 0 Å². The summed E-state index contributed by atoms with van der Waals surface area (Å²) in [7, 11) is 1.73. The maximum Gasteiger partial charge on any atom is 0.0713 e.